The highest BCUT2D eigenvalue weighted by Crippen LogP contribution is 2.30. The first-order valence-electron chi connectivity index (χ1n) is 8.15. The number of hydrogen-bond acceptors (Lipinski definition) is 3. The average molecular weight is 385 g/mol. The van der Waals surface area contributed by atoms with Crippen molar-refractivity contribution in [1.29, 1.82) is 0 Å². The first kappa shape index (κ1) is 19.1. The number of benzene rings is 2. The van der Waals surface area contributed by atoms with Crippen molar-refractivity contribution in [2.45, 2.75) is 6.18 Å². The lowest BCUT2D eigenvalue weighted by Crippen LogP contribution is -2.18. The smallest absolute Gasteiger partial charge is 0.321 e. The molecule has 0 aliphatic heterocycles. The molecule has 0 radical (unpaired) electrons. The number of nitrogens with zero attached hydrogens (tertiary/aromatic N) is 1. The van der Waals surface area contributed by atoms with Crippen LogP contribution >= 0.6 is 0 Å². The largest absolute Gasteiger partial charge is 0.416 e. The molecule has 0 spiro atoms. The van der Waals surface area contributed by atoms with E-state index in [1.807, 2.05) is 0 Å². The molecule has 5 nitrogen and oxygen atoms in total. The van der Waals surface area contributed by atoms with Crippen LogP contribution in [0.15, 0.2) is 72.8 Å². The molecule has 2 aromatic carbocycles. The molecule has 0 unspecified atom stereocenters. The van der Waals surface area contributed by atoms with Gasteiger partial charge in [-0.05, 0) is 42.5 Å². The Kier molecular flexibility index (Phi) is 5.39. The van der Waals surface area contributed by atoms with Crippen LogP contribution in [0.2, 0.25) is 0 Å². The van der Waals surface area contributed by atoms with Crippen molar-refractivity contribution >= 4 is 23.2 Å². The Morgan fingerprint density at radius 2 is 1.25 bits per heavy atom. The highest BCUT2D eigenvalue weighted by Gasteiger charge is 2.30. The van der Waals surface area contributed by atoms with Gasteiger partial charge in [0.05, 0.1) is 5.56 Å². The molecular formula is C20H14F3N3O2. The van der Waals surface area contributed by atoms with Gasteiger partial charge in [0.25, 0.3) is 11.8 Å². The maximum absolute atomic E-state index is 12.8. The maximum atomic E-state index is 12.8. The third-order valence-electron chi connectivity index (χ3n) is 3.69. The minimum absolute atomic E-state index is 0.000505. The monoisotopic (exact) mass is 385 g/mol. The summed E-state index contributed by atoms with van der Waals surface area (Å²) < 4.78 is 38.3. The number of rotatable bonds is 4. The Hall–Kier alpha value is -3.68. The predicted octanol–water partition coefficient (Wildman–Crippen LogP) is 4.61. The van der Waals surface area contributed by atoms with Crippen LogP contribution in [0.3, 0.4) is 0 Å². The van der Waals surface area contributed by atoms with Crippen LogP contribution in [0.25, 0.3) is 0 Å². The van der Waals surface area contributed by atoms with Crippen molar-refractivity contribution in [2.24, 2.45) is 0 Å². The fourth-order valence-corrected chi connectivity index (χ4v) is 2.37. The van der Waals surface area contributed by atoms with Gasteiger partial charge >= 0.3 is 6.18 Å². The van der Waals surface area contributed by atoms with Crippen molar-refractivity contribution in [3.05, 3.63) is 89.7 Å². The average Bonchev–Trinajstić information content (AvgIpc) is 2.68. The van der Waals surface area contributed by atoms with E-state index in [4.69, 9.17) is 0 Å². The molecule has 1 aromatic heterocycles. The second-order valence-electron chi connectivity index (χ2n) is 5.76. The molecule has 0 bridgehead atoms. The molecule has 0 aliphatic rings. The highest BCUT2D eigenvalue weighted by atomic mass is 19.4. The maximum Gasteiger partial charge on any atom is 0.416 e. The number of carbonyl (C=O) groups excluding carboxylic acids is 2. The second kappa shape index (κ2) is 7.91. The van der Waals surface area contributed by atoms with Crippen LogP contribution in [0, 0.1) is 0 Å². The molecule has 0 saturated heterocycles. The molecule has 8 heteroatoms. The zero-order valence-corrected chi connectivity index (χ0v) is 14.3. The Balaban J connectivity index is 1.75. The van der Waals surface area contributed by atoms with E-state index in [0.29, 0.717) is 5.69 Å². The fourth-order valence-electron chi connectivity index (χ4n) is 2.37. The van der Waals surface area contributed by atoms with Crippen molar-refractivity contribution in [3.63, 3.8) is 0 Å². The molecule has 0 fully saturated rings. The van der Waals surface area contributed by atoms with E-state index in [1.54, 1.807) is 30.3 Å². The molecular weight excluding hydrogens is 371 g/mol. The molecule has 142 valence electrons. The lowest BCUT2D eigenvalue weighted by atomic mass is 10.2. The second-order valence-corrected chi connectivity index (χ2v) is 5.76. The molecule has 3 aromatic rings. The highest BCUT2D eigenvalue weighted by molar-refractivity contribution is 6.06. The number of halogens is 3. The third-order valence-corrected chi connectivity index (χ3v) is 3.69. The molecule has 3 rings (SSSR count). The number of nitrogens with one attached hydrogen (secondary N) is 2. The van der Waals surface area contributed by atoms with Gasteiger partial charge in [-0.1, -0.05) is 30.3 Å². The fraction of sp³-hybridized carbons (Fsp3) is 0.0500. The number of carbonyl (C=O) groups is 2. The van der Waals surface area contributed by atoms with E-state index >= 15 is 0 Å². The van der Waals surface area contributed by atoms with Crippen LogP contribution in [-0.4, -0.2) is 16.8 Å². The van der Waals surface area contributed by atoms with E-state index < -0.39 is 23.6 Å². The van der Waals surface area contributed by atoms with Crippen molar-refractivity contribution in [1.82, 2.24) is 4.98 Å². The zero-order chi connectivity index (χ0) is 20.1. The topological polar surface area (TPSA) is 71.1 Å². The van der Waals surface area contributed by atoms with Crippen molar-refractivity contribution in [3.8, 4) is 0 Å². The quantitative estimate of drug-likeness (QED) is 0.689. The summed E-state index contributed by atoms with van der Waals surface area (Å²) >= 11 is 0. The molecule has 2 N–H and O–H groups in total. The minimum Gasteiger partial charge on any atom is -0.321 e. The lowest BCUT2D eigenvalue weighted by molar-refractivity contribution is -0.137. The van der Waals surface area contributed by atoms with Gasteiger partial charge < -0.3 is 10.6 Å². The Labute approximate surface area is 158 Å². The van der Waals surface area contributed by atoms with Gasteiger partial charge in [0.1, 0.15) is 11.4 Å². The summed E-state index contributed by atoms with van der Waals surface area (Å²) in [6.07, 6.45) is -4.52. The molecule has 0 aliphatic carbocycles. The third kappa shape index (κ3) is 4.73. The number of alkyl halides is 3. The van der Waals surface area contributed by atoms with E-state index in [1.165, 1.54) is 30.3 Å². The molecule has 28 heavy (non-hydrogen) atoms. The number of anilines is 2. The number of para-hydroxylation sites is 1. The minimum atomic E-state index is -4.52. The molecule has 1 heterocycles. The Bertz CT molecular complexity index is 1000. The summed E-state index contributed by atoms with van der Waals surface area (Å²) in [5.41, 5.74) is -0.443. The first-order chi connectivity index (χ1) is 13.3. The lowest BCUT2D eigenvalue weighted by Gasteiger charge is -2.10. The van der Waals surface area contributed by atoms with E-state index in [0.717, 1.165) is 12.1 Å². The van der Waals surface area contributed by atoms with Crippen LogP contribution in [0.4, 0.5) is 24.5 Å². The number of amides is 2. The van der Waals surface area contributed by atoms with Crippen LogP contribution < -0.4 is 10.6 Å². The van der Waals surface area contributed by atoms with Gasteiger partial charge in [0.15, 0.2) is 0 Å². The number of aromatic nitrogens is 1. The van der Waals surface area contributed by atoms with Crippen molar-refractivity contribution in [2.75, 3.05) is 10.6 Å². The van der Waals surface area contributed by atoms with E-state index in [-0.39, 0.29) is 17.1 Å². The van der Waals surface area contributed by atoms with Gasteiger partial charge in [0.2, 0.25) is 0 Å². The standard InChI is InChI=1S/C20H14F3N3O2/c21-20(22,23)13-6-4-9-15(12-13)25-19(28)17-11-5-10-16(26-17)18(27)24-14-7-2-1-3-8-14/h1-12H,(H,24,27)(H,25,28). The molecule has 0 atom stereocenters. The van der Waals surface area contributed by atoms with Gasteiger partial charge in [-0.25, -0.2) is 4.98 Å². The first-order valence-corrected chi connectivity index (χ1v) is 8.15. The van der Waals surface area contributed by atoms with Gasteiger partial charge in [-0.2, -0.15) is 13.2 Å². The van der Waals surface area contributed by atoms with Gasteiger partial charge in [-0.15, -0.1) is 0 Å². The van der Waals surface area contributed by atoms with E-state index in [2.05, 4.69) is 15.6 Å². The predicted molar refractivity (Wildman–Crippen MR) is 98.0 cm³/mol. The van der Waals surface area contributed by atoms with Crippen LogP contribution in [0.1, 0.15) is 26.5 Å². The van der Waals surface area contributed by atoms with E-state index in [9.17, 15) is 22.8 Å². The number of hydrogen-bond donors (Lipinski definition) is 2. The van der Waals surface area contributed by atoms with Crippen molar-refractivity contribution < 1.29 is 22.8 Å². The van der Waals surface area contributed by atoms with Gasteiger partial charge in [0, 0.05) is 11.4 Å². The van der Waals surface area contributed by atoms with Gasteiger partial charge in [-0.3, -0.25) is 9.59 Å². The Morgan fingerprint density at radius 1 is 0.714 bits per heavy atom. The summed E-state index contributed by atoms with van der Waals surface area (Å²) in [6.45, 7) is 0. The molecule has 0 saturated carbocycles. The SMILES string of the molecule is O=C(Nc1ccccc1)c1cccc(C(=O)Nc2cccc(C(F)(F)F)c2)n1. The van der Waals surface area contributed by atoms with Crippen LogP contribution in [-0.2, 0) is 6.18 Å². The summed E-state index contributed by atoms with van der Waals surface area (Å²) in [5, 5.41) is 4.99. The number of pyridine rings is 1. The summed E-state index contributed by atoms with van der Waals surface area (Å²) in [7, 11) is 0. The Morgan fingerprint density at radius 3 is 1.86 bits per heavy atom. The normalized spacial score (nSPS) is 11.0. The summed E-state index contributed by atoms with van der Waals surface area (Å²) in [6, 6.07) is 17.2. The zero-order valence-electron chi connectivity index (χ0n) is 14.3. The summed E-state index contributed by atoms with van der Waals surface area (Å²) in [4.78, 5) is 28.6. The summed E-state index contributed by atoms with van der Waals surface area (Å²) in [5.74, 6) is -1.24. The molecule has 2 amide bonds. The van der Waals surface area contributed by atoms with Crippen LogP contribution in [0.5, 0.6) is 0 Å².